The van der Waals surface area contributed by atoms with E-state index in [4.69, 9.17) is 4.74 Å². The molecule has 0 spiro atoms. The van der Waals surface area contributed by atoms with Gasteiger partial charge >= 0.3 is 5.97 Å². The van der Waals surface area contributed by atoms with Crippen LogP contribution in [0.15, 0.2) is 51.6 Å². The molecule has 0 radical (unpaired) electrons. The molecule has 0 aliphatic carbocycles. The normalized spacial score (nSPS) is 19.7. The lowest BCUT2D eigenvalue weighted by molar-refractivity contribution is -0.384. The quantitative estimate of drug-likeness (QED) is 0.344. The lowest BCUT2D eigenvalue weighted by Gasteiger charge is -2.37. The average Bonchev–Trinajstić information content (AvgIpc) is 3.24. The molecule has 2 amide bonds. The molecule has 0 aromatic heterocycles. The number of thioether (sulfide) groups is 1. The Hall–Kier alpha value is -3.67. The topological polar surface area (TPSA) is 126 Å². The minimum atomic E-state index is -0.738. The number of aliphatic imine (C=N–C) groups is 1. The Bertz CT molecular complexity index is 1180. The highest BCUT2D eigenvalue weighted by Crippen LogP contribution is 2.45. The molecule has 0 N–H and O–H groups in total. The second-order valence-electron chi connectivity index (χ2n) is 8.30. The number of carbonyl (C=O) groups excluding carboxylic acids is 3. The van der Waals surface area contributed by atoms with Crippen LogP contribution < -0.4 is 0 Å². The van der Waals surface area contributed by atoms with Crippen LogP contribution in [0.4, 0.5) is 5.69 Å². The van der Waals surface area contributed by atoms with Gasteiger partial charge in [-0.1, -0.05) is 23.9 Å². The zero-order valence-corrected chi connectivity index (χ0v) is 20.4. The highest BCUT2D eigenvalue weighted by molar-refractivity contribution is 8.16. The first-order valence-electron chi connectivity index (χ1n) is 11.0. The lowest BCUT2D eigenvalue weighted by atomic mass is 9.93. The van der Waals surface area contributed by atoms with Crippen molar-refractivity contribution >= 4 is 40.4 Å². The Morgan fingerprint density at radius 3 is 2.51 bits per heavy atom. The largest absolute Gasteiger partial charge is 0.466 e. The van der Waals surface area contributed by atoms with E-state index in [1.165, 1.54) is 37.9 Å². The first-order chi connectivity index (χ1) is 16.7. The van der Waals surface area contributed by atoms with Gasteiger partial charge in [-0.25, -0.2) is 9.79 Å². The van der Waals surface area contributed by atoms with E-state index in [-0.39, 0.29) is 29.5 Å². The number of allylic oxidation sites excluding steroid dienone is 1. The van der Waals surface area contributed by atoms with E-state index >= 15 is 0 Å². The van der Waals surface area contributed by atoms with Crippen LogP contribution in [0.5, 0.6) is 0 Å². The number of amides is 2. The van der Waals surface area contributed by atoms with Gasteiger partial charge in [-0.2, -0.15) is 0 Å². The Morgan fingerprint density at radius 1 is 1.20 bits per heavy atom. The molecular weight excluding hydrogens is 474 g/mol. The molecule has 4 rings (SSSR count). The fourth-order valence-electron chi connectivity index (χ4n) is 4.40. The average molecular weight is 500 g/mol. The second kappa shape index (κ2) is 9.90. The van der Waals surface area contributed by atoms with Gasteiger partial charge in [-0.05, 0) is 17.9 Å². The van der Waals surface area contributed by atoms with Gasteiger partial charge in [0.25, 0.3) is 5.69 Å². The van der Waals surface area contributed by atoms with Crippen molar-refractivity contribution in [2.45, 2.75) is 26.3 Å². The molecule has 0 saturated carbocycles. The number of rotatable bonds is 5. The summed E-state index contributed by atoms with van der Waals surface area (Å²) in [5, 5.41) is 13.8. The molecule has 3 aliphatic rings. The number of esters is 1. The molecule has 1 fully saturated rings. The second-order valence-corrected chi connectivity index (χ2v) is 9.14. The summed E-state index contributed by atoms with van der Waals surface area (Å²) in [5.74, 6) is -0.715. The molecule has 3 aliphatic heterocycles. The van der Waals surface area contributed by atoms with Crippen LogP contribution in [-0.2, 0) is 19.1 Å². The highest BCUT2D eigenvalue weighted by Gasteiger charge is 2.41. The smallest absolute Gasteiger partial charge is 0.338 e. The van der Waals surface area contributed by atoms with E-state index < -0.39 is 16.9 Å². The zero-order valence-electron chi connectivity index (χ0n) is 19.6. The molecule has 3 heterocycles. The molecule has 12 heteroatoms. The molecular formula is C23H25N5O6S. The predicted octanol–water partition coefficient (Wildman–Crippen LogP) is 2.42. The number of methoxy groups -OCH3 is 1. The number of carbonyl (C=O) groups is 3. The fourth-order valence-corrected chi connectivity index (χ4v) is 5.37. The van der Waals surface area contributed by atoms with Crippen molar-refractivity contribution in [3.63, 3.8) is 0 Å². The van der Waals surface area contributed by atoms with Crippen LogP contribution in [0, 0.1) is 10.1 Å². The number of hydrogen-bond acceptors (Lipinski definition) is 9. The fraction of sp³-hybridized carbons (Fsp3) is 0.391. The van der Waals surface area contributed by atoms with E-state index in [0.29, 0.717) is 48.3 Å². The number of amidine groups is 1. The third kappa shape index (κ3) is 4.78. The molecule has 184 valence electrons. The third-order valence-electron chi connectivity index (χ3n) is 6.21. The van der Waals surface area contributed by atoms with Gasteiger partial charge in [0.1, 0.15) is 0 Å². The monoisotopic (exact) mass is 499 g/mol. The predicted molar refractivity (Wildman–Crippen MR) is 129 cm³/mol. The summed E-state index contributed by atoms with van der Waals surface area (Å²) in [7, 11) is 1.27. The van der Waals surface area contributed by atoms with Gasteiger partial charge in [-0.15, -0.1) is 0 Å². The van der Waals surface area contributed by atoms with Crippen molar-refractivity contribution in [3.05, 3.63) is 62.3 Å². The number of non-ortho nitro benzene ring substituents is 1. The Labute approximate surface area is 206 Å². The lowest BCUT2D eigenvalue weighted by Crippen LogP contribution is -2.50. The van der Waals surface area contributed by atoms with Gasteiger partial charge in [0, 0.05) is 50.9 Å². The Balaban J connectivity index is 1.64. The van der Waals surface area contributed by atoms with Gasteiger partial charge < -0.3 is 19.4 Å². The molecule has 1 aromatic carbocycles. The number of benzene rings is 1. The van der Waals surface area contributed by atoms with Crippen molar-refractivity contribution in [2.75, 3.05) is 33.3 Å². The number of piperazine rings is 1. The van der Waals surface area contributed by atoms with Crippen molar-refractivity contribution in [1.29, 1.82) is 0 Å². The molecule has 35 heavy (non-hydrogen) atoms. The Kier molecular flexibility index (Phi) is 6.92. The summed E-state index contributed by atoms with van der Waals surface area (Å²) < 4.78 is 5.02. The molecule has 11 nitrogen and oxygen atoms in total. The van der Waals surface area contributed by atoms with E-state index in [9.17, 15) is 24.5 Å². The molecule has 1 saturated heterocycles. The maximum absolute atomic E-state index is 13.1. The maximum atomic E-state index is 13.1. The number of fused-ring (bicyclic) bond motifs is 1. The summed E-state index contributed by atoms with van der Waals surface area (Å²) >= 11 is 1.33. The Morgan fingerprint density at radius 2 is 1.89 bits per heavy atom. The van der Waals surface area contributed by atoms with Crippen LogP contribution in [0.1, 0.15) is 31.9 Å². The van der Waals surface area contributed by atoms with Gasteiger partial charge in [0.15, 0.2) is 5.17 Å². The number of hydrogen-bond donors (Lipinski definition) is 0. The molecule has 0 unspecified atom stereocenters. The van der Waals surface area contributed by atoms with Crippen molar-refractivity contribution < 1.29 is 24.0 Å². The van der Waals surface area contributed by atoms with Gasteiger partial charge in [-0.3, -0.25) is 19.7 Å². The first kappa shape index (κ1) is 24.5. The number of nitrogens with zero attached hydrogens (tertiary/aromatic N) is 5. The van der Waals surface area contributed by atoms with E-state index in [1.807, 2.05) is 5.41 Å². The SMILES string of the molecule is COC(=O)C1=C(C)N=C2SC=C(CC(=O)N3CCN(C(C)=O)CC3)N2[C@H]1c1cccc([N+](=O)[O-])c1. The van der Waals surface area contributed by atoms with Gasteiger partial charge in [0.05, 0.1) is 35.8 Å². The van der Waals surface area contributed by atoms with Crippen LogP contribution >= 0.6 is 11.8 Å². The molecule has 0 bridgehead atoms. The third-order valence-corrected chi connectivity index (χ3v) is 7.10. The van der Waals surface area contributed by atoms with Gasteiger partial charge in [0.2, 0.25) is 11.8 Å². The van der Waals surface area contributed by atoms with E-state index in [0.717, 1.165) is 0 Å². The van der Waals surface area contributed by atoms with Crippen molar-refractivity contribution in [3.8, 4) is 0 Å². The number of ether oxygens (including phenoxy) is 1. The van der Waals surface area contributed by atoms with Crippen LogP contribution in [0.2, 0.25) is 0 Å². The number of nitro benzene ring substituents is 1. The highest BCUT2D eigenvalue weighted by atomic mass is 32.2. The van der Waals surface area contributed by atoms with Crippen LogP contribution in [0.3, 0.4) is 0 Å². The first-order valence-corrected chi connectivity index (χ1v) is 11.9. The van der Waals surface area contributed by atoms with Crippen molar-refractivity contribution in [1.82, 2.24) is 14.7 Å². The summed E-state index contributed by atoms with van der Waals surface area (Å²) in [6.07, 6.45) is 0.0605. The molecule has 1 atom stereocenters. The summed E-state index contributed by atoms with van der Waals surface area (Å²) in [5.41, 5.74) is 1.76. The van der Waals surface area contributed by atoms with Crippen LogP contribution in [0.25, 0.3) is 0 Å². The van der Waals surface area contributed by atoms with Crippen molar-refractivity contribution in [2.24, 2.45) is 4.99 Å². The summed E-state index contributed by atoms with van der Waals surface area (Å²) in [6, 6.07) is 5.34. The zero-order chi connectivity index (χ0) is 25.3. The summed E-state index contributed by atoms with van der Waals surface area (Å²) in [6.45, 7) is 5.06. The standard InChI is InChI=1S/C23H25N5O6S/c1-14-20(22(31)34-3)21(16-5-4-6-17(11-16)28(32)33)27-18(13-35-23(27)24-14)12-19(30)26-9-7-25(8-10-26)15(2)29/h4-6,11,13,21H,7-10,12H2,1-3H3/t21-/m0/s1. The number of nitro groups is 1. The van der Waals surface area contributed by atoms with E-state index in [2.05, 4.69) is 4.99 Å². The summed E-state index contributed by atoms with van der Waals surface area (Å²) in [4.78, 5) is 58.2. The van der Waals surface area contributed by atoms with E-state index in [1.54, 1.807) is 33.8 Å². The minimum absolute atomic E-state index is 0.0153. The maximum Gasteiger partial charge on any atom is 0.338 e. The van der Waals surface area contributed by atoms with Crippen LogP contribution in [-0.4, -0.2) is 75.9 Å². The minimum Gasteiger partial charge on any atom is -0.466 e. The molecule has 1 aromatic rings.